The Hall–Kier alpha value is -3.67. The second-order valence-electron chi connectivity index (χ2n) is 10.9. The van der Waals surface area contributed by atoms with Gasteiger partial charge in [-0.3, -0.25) is 9.11 Å². The number of hydrogen-bond donors (Lipinski definition) is 6. The number of phenolic OH excluding ortho intramolecular Hbond substituents is 1. The molecule has 0 saturated carbocycles. The van der Waals surface area contributed by atoms with Gasteiger partial charge in [-0.2, -0.15) is 32.2 Å². The van der Waals surface area contributed by atoms with Gasteiger partial charge in [-0.25, -0.2) is 4.79 Å². The largest absolute Gasteiger partial charge is 0.507 e. The molecule has 0 heterocycles. The van der Waals surface area contributed by atoms with E-state index in [2.05, 4.69) is 30.7 Å². The molecule has 6 aromatic carbocycles. The number of benzene rings is 6. The molecule has 6 aromatic rings. The predicted molar refractivity (Wildman–Crippen MR) is 205 cm³/mol. The molecule has 0 aliphatic carbocycles. The van der Waals surface area contributed by atoms with Crippen LogP contribution in [0.15, 0.2) is 138 Å². The number of aromatic hydroxyl groups is 2. The van der Waals surface area contributed by atoms with Crippen LogP contribution >= 0.6 is 0 Å². The normalized spacial score (nSPS) is 11.8. The third-order valence-electron chi connectivity index (χ3n) is 7.47. The Morgan fingerprint density at radius 2 is 1.13 bits per heavy atom. The summed E-state index contributed by atoms with van der Waals surface area (Å²) in [5.74, 6) is -2.36. The molecule has 7 N–H and O–H groups in total. The zero-order chi connectivity index (χ0) is 37.4. The maximum absolute atomic E-state index is 12.2. The fourth-order valence-corrected chi connectivity index (χ4v) is 6.12. The van der Waals surface area contributed by atoms with Gasteiger partial charge in [-0.1, -0.05) is 12.1 Å². The van der Waals surface area contributed by atoms with Gasteiger partial charge in [0.2, 0.25) is 0 Å². The Bertz CT molecular complexity index is 2770. The van der Waals surface area contributed by atoms with E-state index in [4.69, 9.17) is 10.8 Å². The first-order chi connectivity index (χ1) is 24.6. The third kappa shape index (κ3) is 10.6. The average Bonchev–Trinajstić information content (AvgIpc) is 3.09. The Morgan fingerprint density at radius 1 is 0.564 bits per heavy atom. The van der Waals surface area contributed by atoms with Crippen molar-refractivity contribution in [2.24, 2.45) is 30.7 Å². The van der Waals surface area contributed by atoms with Gasteiger partial charge in [0.1, 0.15) is 21.9 Å². The van der Waals surface area contributed by atoms with E-state index >= 15 is 0 Å². The van der Waals surface area contributed by atoms with Gasteiger partial charge in [0.25, 0.3) is 20.2 Å². The van der Waals surface area contributed by atoms with Crippen LogP contribution in [0, 0.1) is 0 Å². The van der Waals surface area contributed by atoms with E-state index in [1.807, 2.05) is 0 Å². The average molecular weight is 811 g/mol. The van der Waals surface area contributed by atoms with E-state index < -0.39 is 53.2 Å². The number of nitrogens with two attached hydrogens (primary N) is 1. The number of azo groups is 3. The van der Waals surface area contributed by atoms with Crippen LogP contribution in [0.25, 0.3) is 21.5 Å². The van der Waals surface area contributed by atoms with Crippen LogP contribution in [0.4, 0.5) is 39.8 Å². The number of rotatable bonds is 9. The Morgan fingerprint density at radius 3 is 1.73 bits per heavy atom. The molecule has 6 rings (SSSR count). The molecule has 0 saturated heterocycles. The van der Waals surface area contributed by atoms with Crippen molar-refractivity contribution in [3.8, 4) is 11.5 Å². The smallest absolute Gasteiger partial charge is 0.339 e. The third-order valence-corrected chi connectivity index (χ3v) is 9.18. The zero-order valence-corrected chi connectivity index (χ0v) is 36.7. The molecule has 55 heavy (non-hydrogen) atoms. The summed E-state index contributed by atoms with van der Waals surface area (Å²) < 4.78 is 68.1. The van der Waals surface area contributed by atoms with Crippen molar-refractivity contribution in [1.29, 1.82) is 0 Å². The summed E-state index contributed by atoms with van der Waals surface area (Å²) in [6, 6.07) is 21.7. The van der Waals surface area contributed by atoms with Gasteiger partial charge in [-0.15, -0.1) is 15.3 Å². The first kappa shape index (κ1) is 45.7. The SMILES string of the molecule is Nc1ccc2cc(S(=O)(=O)O)c(N=Nc3ccc(N=Nc4ccc(N=Nc5ccc(O)c(C(=O)O)c5)cc4)c4cc(S(=O)(=O)O)ccc34)c(O)c2c1.[Na].[Na].[Na]. The molecule has 0 aromatic heterocycles. The summed E-state index contributed by atoms with van der Waals surface area (Å²) in [5.41, 5.74) is 6.27. The van der Waals surface area contributed by atoms with Crippen LogP contribution in [0.1, 0.15) is 10.4 Å². The van der Waals surface area contributed by atoms with Crippen molar-refractivity contribution in [2.75, 3.05) is 5.73 Å². The van der Waals surface area contributed by atoms with Gasteiger partial charge in [0.15, 0.2) is 5.75 Å². The van der Waals surface area contributed by atoms with E-state index in [1.165, 1.54) is 48.5 Å². The molecule has 0 spiro atoms. The molecular weight excluding hydrogens is 788 g/mol. The number of anilines is 1. The molecule has 22 heteroatoms. The van der Waals surface area contributed by atoms with Gasteiger partial charge >= 0.3 is 5.97 Å². The Labute approximate surface area is 378 Å². The van der Waals surface area contributed by atoms with Gasteiger partial charge in [-0.05, 0) is 90.3 Å². The van der Waals surface area contributed by atoms with Crippen molar-refractivity contribution in [2.45, 2.75) is 9.79 Å². The number of aromatic carboxylic acids is 1. The molecule has 0 fully saturated rings. The van der Waals surface area contributed by atoms with Gasteiger partial charge in [0, 0.05) is 111 Å². The standard InChI is InChI=1S/C33H23N7O10S2.3Na/c34-18-2-1-17-13-30(52(48,49)50)31(32(42)24(17)14-18)40-39-27-10-11-28(25-16-22(51(45,46)47)8-9-23(25)27)38-36-20-5-3-19(4-6-20)35-37-21-7-12-29(41)26(15-21)33(43)44;;;/h1-16,41-42H,34H2,(H,43,44)(H,45,46,47)(H,48,49,50);;;. The molecule has 0 aliphatic rings. The summed E-state index contributed by atoms with van der Waals surface area (Å²) in [6.45, 7) is 0. The molecule has 0 bridgehead atoms. The molecule has 0 amide bonds. The fraction of sp³-hybridized carbons (Fsp3) is 0. The molecule has 17 nitrogen and oxygen atoms in total. The second kappa shape index (κ2) is 18.5. The number of phenols is 2. The number of carboxylic acids is 1. The van der Waals surface area contributed by atoms with E-state index in [-0.39, 0.29) is 139 Å². The molecule has 0 aliphatic heterocycles. The number of hydrogen-bond acceptors (Lipinski definition) is 14. The minimum atomic E-state index is -4.90. The quantitative estimate of drug-likeness (QED) is 0.0365. The fourth-order valence-electron chi connectivity index (χ4n) is 4.96. The monoisotopic (exact) mass is 810 g/mol. The van der Waals surface area contributed by atoms with E-state index in [1.54, 1.807) is 24.3 Å². The van der Waals surface area contributed by atoms with Gasteiger partial charge < -0.3 is 21.1 Å². The number of nitrogen functional groups attached to an aromatic ring is 1. The van der Waals surface area contributed by atoms with Crippen LogP contribution in [0.3, 0.4) is 0 Å². The number of carbonyl (C=O) groups is 1. The molecule has 0 unspecified atom stereocenters. The van der Waals surface area contributed by atoms with Crippen LogP contribution in [0.5, 0.6) is 11.5 Å². The summed E-state index contributed by atoms with van der Waals surface area (Å²) >= 11 is 0. The topological polar surface area (TPSA) is 287 Å². The van der Waals surface area contributed by atoms with Crippen molar-refractivity contribution in [3.05, 3.63) is 103 Å². The minimum absolute atomic E-state index is 0. The summed E-state index contributed by atoms with van der Waals surface area (Å²) in [6.07, 6.45) is 0. The van der Waals surface area contributed by atoms with E-state index in [0.717, 1.165) is 24.3 Å². The molecule has 265 valence electrons. The summed E-state index contributed by atoms with van der Waals surface area (Å²) in [7, 11) is -9.56. The van der Waals surface area contributed by atoms with Crippen LogP contribution in [-0.2, 0) is 20.2 Å². The van der Waals surface area contributed by atoms with Crippen LogP contribution in [0.2, 0.25) is 0 Å². The van der Waals surface area contributed by atoms with Gasteiger partial charge in [0.05, 0.1) is 33.3 Å². The van der Waals surface area contributed by atoms with Crippen molar-refractivity contribution >= 4 is 176 Å². The Balaban J connectivity index is 0.00000271. The van der Waals surface area contributed by atoms with Crippen LogP contribution in [-0.4, -0.2) is 136 Å². The first-order valence-corrected chi connectivity index (χ1v) is 17.4. The van der Waals surface area contributed by atoms with Crippen LogP contribution < -0.4 is 5.73 Å². The minimum Gasteiger partial charge on any atom is -0.507 e. The van der Waals surface area contributed by atoms with Crippen molar-refractivity contribution in [1.82, 2.24) is 0 Å². The Kier molecular flexibility index (Phi) is 15.4. The second-order valence-corrected chi connectivity index (χ2v) is 13.7. The van der Waals surface area contributed by atoms with Crippen molar-refractivity contribution < 1.29 is 46.1 Å². The van der Waals surface area contributed by atoms with E-state index in [0.29, 0.717) is 11.4 Å². The predicted octanol–water partition coefficient (Wildman–Crippen LogP) is 7.28. The number of nitrogens with zero attached hydrogens (tertiary/aromatic N) is 6. The molecule has 0 atom stereocenters. The summed E-state index contributed by atoms with van der Waals surface area (Å²) in [4.78, 5) is 10.0. The van der Waals surface area contributed by atoms with E-state index in [9.17, 15) is 40.9 Å². The number of fused-ring (bicyclic) bond motifs is 2. The summed E-state index contributed by atoms with van der Waals surface area (Å²) in [5, 5.41) is 55.0. The van der Waals surface area contributed by atoms with Crippen molar-refractivity contribution in [3.63, 3.8) is 0 Å². The molecule has 3 radical (unpaired) electrons. The maximum Gasteiger partial charge on any atom is 0.339 e. The number of carboxylic acid groups (broad SMARTS) is 1. The first-order valence-electron chi connectivity index (χ1n) is 14.6. The zero-order valence-electron chi connectivity index (χ0n) is 29.1. The maximum atomic E-state index is 12.2. The molecular formula is C33H23N7Na3O10S2.